The zero-order valence-corrected chi connectivity index (χ0v) is 12.4. The SMILES string of the molecule is C=CCCN(CCC(=O)OCC)C(=O)OC(C)(C)C. The summed E-state index contributed by atoms with van der Waals surface area (Å²) >= 11 is 0. The van der Waals surface area contributed by atoms with Gasteiger partial charge in [0.2, 0.25) is 0 Å². The van der Waals surface area contributed by atoms with Crippen molar-refractivity contribution in [3.63, 3.8) is 0 Å². The molecule has 0 saturated carbocycles. The number of ether oxygens (including phenoxy) is 2. The molecule has 1 amide bonds. The number of carbonyl (C=O) groups excluding carboxylic acids is 2. The standard InChI is InChI=1S/C14H25NO4/c1-6-8-10-15(11-9-12(16)18-7-2)13(17)19-14(3,4)5/h6H,1,7-11H2,2-5H3. The molecule has 0 N–H and O–H groups in total. The maximum Gasteiger partial charge on any atom is 0.410 e. The minimum Gasteiger partial charge on any atom is -0.466 e. The van der Waals surface area contributed by atoms with Gasteiger partial charge in [-0.1, -0.05) is 6.08 Å². The van der Waals surface area contributed by atoms with Gasteiger partial charge in [-0.2, -0.15) is 0 Å². The molecule has 5 nitrogen and oxygen atoms in total. The first-order chi connectivity index (χ1) is 8.80. The lowest BCUT2D eigenvalue weighted by Crippen LogP contribution is -2.38. The van der Waals surface area contributed by atoms with Crippen LogP contribution in [0.15, 0.2) is 12.7 Å². The summed E-state index contributed by atoms with van der Waals surface area (Å²) in [5, 5.41) is 0. The van der Waals surface area contributed by atoms with E-state index in [-0.39, 0.29) is 12.4 Å². The summed E-state index contributed by atoms with van der Waals surface area (Å²) in [5.41, 5.74) is -0.548. The van der Waals surface area contributed by atoms with Gasteiger partial charge in [-0.3, -0.25) is 4.79 Å². The summed E-state index contributed by atoms with van der Waals surface area (Å²) < 4.78 is 10.1. The van der Waals surface area contributed by atoms with Crippen molar-refractivity contribution in [1.29, 1.82) is 0 Å². The summed E-state index contributed by atoms with van der Waals surface area (Å²) in [6.45, 7) is 11.9. The third kappa shape index (κ3) is 9.11. The quantitative estimate of drug-likeness (QED) is 0.528. The van der Waals surface area contributed by atoms with E-state index in [1.807, 2.05) is 20.8 Å². The zero-order valence-electron chi connectivity index (χ0n) is 12.4. The third-order valence-corrected chi connectivity index (χ3v) is 2.15. The molecule has 0 atom stereocenters. The minimum absolute atomic E-state index is 0.171. The predicted molar refractivity (Wildman–Crippen MR) is 73.9 cm³/mol. The number of hydrogen-bond acceptors (Lipinski definition) is 4. The fourth-order valence-electron chi connectivity index (χ4n) is 1.33. The largest absolute Gasteiger partial charge is 0.466 e. The third-order valence-electron chi connectivity index (χ3n) is 2.15. The van der Waals surface area contributed by atoms with E-state index in [0.29, 0.717) is 26.1 Å². The van der Waals surface area contributed by atoms with Crippen molar-refractivity contribution in [2.75, 3.05) is 19.7 Å². The summed E-state index contributed by atoms with van der Waals surface area (Å²) in [6, 6.07) is 0. The van der Waals surface area contributed by atoms with Crippen LogP contribution in [0, 0.1) is 0 Å². The molecule has 0 aromatic heterocycles. The van der Waals surface area contributed by atoms with Crippen LogP contribution in [0.3, 0.4) is 0 Å². The minimum atomic E-state index is -0.548. The molecule has 19 heavy (non-hydrogen) atoms. The molecular weight excluding hydrogens is 246 g/mol. The maximum atomic E-state index is 12.0. The molecule has 0 radical (unpaired) electrons. The molecule has 0 unspecified atom stereocenters. The number of nitrogens with zero attached hydrogens (tertiary/aromatic N) is 1. The van der Waals surface area contributed by atoms with E-state index in [1.54, 1.807) is 13.0 Å². The molecule has 0 saturated heterocycles. The Morgan fingerprint density at radius 3 is 2.37 bits per heavy atom. The van der Waals surface area contributed by atoms with Gasteiger partial charge < -0.3 is 14.4 Å². The Morgan fingerprint density at radius 1 is 1.26 bits per heavy atom. The second-order valence-electron chi connectivity index (χ2n) is 5.10. The molecule has 0 aliphatic heterocycles. The summed E-state index contributed by atoms with van der Waals surface area (Å²) in [5.74, 6) is -0.310. The first-order valence-electron chi connectivity index (χ1n) is 6.54. The van der Waals surface area contributed by atoms with E-state index in [9.17, 15) is 9.59 Å². The Balaban J connectivity index is 4.40. The van der Waals surface area contributed by atoms with Gasteiger partial charge in [-0.15, -0.1) is 6.58 Å². The highest BCUT2D eigenvalue weighted by atomic mass is 16.6. The first-order valence-corrected chi connectivity index (χ1v) is 6.54. The normalized spacial score (nSPS) is 10.7. The summed E-state index contributed by atoms with van der Waals surface area (Å²) in [4.78, 5) is 24.8. The van der Waals surface area contributed by atoms with Crippen molar-refractivity contribution in [3.05, 3.63) is 12.7 Å². The average molecular weight is 271 g/mol. The van der Waals surface area contributed by atoms with Crippen molar-refractivity contribution in [2.45, 2.75) is 46.1 Å². The number of carbonyl (C=O) groups is 2. The van der Waals surface area contributed by atoms with Crippen molar-refractivity contribution in [3.8, 4) is 0 Å². The molecule has 0 rings (SSSR count). The molecule has 0 fully saturated rings. The Morgan fingerprint density at radius 2 is 1.89 bits per heavy atom. The maximum absolute atomic E-state index is 12.0. The molecular formula is C14H25NO4. The monoisotopic (exact) mass is 271 g/mol. The molecule has 0 aromatic rings. The van der Waals surface area contributed by atoms with Gasteiger partial charge >= 0.3 is 12.1 Å². The number of amides is 1. The highest BCUT2D eigenvalue weighted by molar-refractivity contribution is 5.72. The topological polar surface area (TPSA) is 55.8 Å². The van der Waals surface area contributed by atoms with E-state index in [4.69, 9.17) is 9.47 Å². The van der Waals surface area contributed by atoms with Gasteiger partial charge in [0.15, 0.2) is 0 Å². The van der Waals surface area contributed by atoms with Gasteiger partial charge in [-0.05, 0) is 34.1 Å². The van der Waals surface area contributed by atoms with Gasteiger partial charge in [0.1, 0.15) is 5.60 Å². The van der Waals surface area contributed by atoms with Crippen LogP contribution in [0.2, 0.25) is 0 Å². The molecule has 0 heterocycles. The lowest BCUT2D eigenvalue weighted by Gasteiger charge is -2.27. The Kier molecular flexibility index (Phi) is 7.87. The van der Waals surface area contributed by atoms with Gasteiger partial charge in [0.05, 0.1) is 13.0 Å². The van der Waals surface area contributed by atoms with E-state index < -0.39 is 11.7 Å². The lowest BCUT2D eigenvalue weighted by molar-refractivity contribution is -0.143. The predicted octanol–water partition coefficient (Wildman–Crippen LogP) is 2.75. The van der Waals surface area contributed by atoms with Crippen molar-refractivity contribution in [2.24, 2.45) is 0 Å². The van der Waals surface area contributed by atoms with Crippen LogP contribution in [-0.4, -0.2) is 42.3 Å². The molecule has 0 spiro atoms. The Bertz CT molecular complexity index is 307. The number of rotatable bonds is 7. The van der Waals surface area contributed by atoms with Crippen LogP contribution in [0.5, 0.6) is 0 Å². The molecule has 0 aromatic carbocycles. The van der Waals surface area contributed by atoms with Crippen molar-refractivity contribution < 1.29 is 19.1 Å². The van der Waals surface area contributed by atoms with Crippen LogP contribution < -0.4 is 0 Å². The molecule has 0 aliphatic carbocycles. The van der Waals surface area contributed by atoms with Gasteiger partial charge in [-0.25, -0.2) is 4.79 Å². The summed E-state index contributed by atoms with van der Waals surface area (Å²) in [7, 11) is 0. The smallest absolute Gasteiger partial charge is 0.410 e. The number of esters is 1. The van der Waals surface area contributed by atoms with E-state index in [0.717, 1.165) is 0 Å². The molecule has 0 bridgehead atoms. The van der Waals surface area contributed by atoms with Crippen molar-refractivity contribution >= 4 is 12.1 Å². The second kappa shape index (κ2) is 8.56. The second-order valence-corrected chi connectivity index (χ2v) is 5.10. The van der Waals surface area contributed by atoms with Crippen LogP contribution in [0.4, 0.5) is 4.79 Å². The fourth-order valence-corrected chi connectivity index (χ4v) is 1.33. The fraction of sp³-hybridized carbons (Fsp3) is 0.714. The molecule has 5 heteroatoms. The van der Waals surface area contributed by atoms with E-state index >= 15 is 0 Å². The van der Waals surface area contributed by atoms with Crippen molar-refractivity contribution in [1.82, 2.24) is 4.90 Å². The highest BCUT2D eigenvalue weighted by Crippen LogP contribution is 2.11. The van der Waals surface area contributed by atoms with E-state index in [2.05, 4.69) is 6.58 Å². The van der Waals surface area contributed by atoms with Crippen LogP contribution in [-0.2, 0) is 14.3 Å². The van der Waals surface area contributed by atoms with Crippen LogP contribution in [0.25, 0.3) is 0 Å². The number of hydrogen-bond donors (Lipinski definition) is 0. The van der Waals surface area contributed by atoms with Gasteiger partial charge in [0, 0.05) is 13.1 Å². The molecule has 110 valence electrons. The zero-order chi connectivity index (χ0) is 14.9. The van der Waals surface area contributed by atoms with Crippen LogP contribution >= 0.6 is 0 Å². The lowest BCUT2D eigenvalue weighted by atomic mass is 10.2. The molecule has 0 aliphatic rings. The Labute approximate surface area is 115 Å². The van der Waals surface area contributed by atoms with Crippen LogP contribution in [0.1, 0.15) is 40.5 Å². The first kappa shape index (κ1) is 17.5. The van der Waals surface area contributed by atoms with E-state index in [1.165, 1.54) is 4.90 Å². The summed E-state index contributed by atoms with van der Waals surface area (Å²) in [6.07, 6.45) is 2.13. The average Bonchev–Trinajstić information content (AvgIpc) is 2.27. The Hall–Kier alpha value is -1.52. The highest BCUT2D eigenvalue weighted by Gasteiger charge is 2.22. The van der Waals surface area contributed by atoms with Gasteiger partial charge in [0.25, 0.3) is 0 Å².